The number of ether oxygens (including phenoxy) is 1. The first-order chi connectivity index (χ1) is 9.34. The van der Waals surface area contributed by atoms with Gasteiger partial charge in [-0.25, -0.2) is 0 Å². The Morgan fingerprint density at radius 1 is 0.895 bits per heavy atom. The van der Waals surface area contributed by atoms with Crippen molar-refractivity contribution in [2.45, 2.75) is 12.3 Å². The fraction of sp³-hybridized carbons (Fsp3) is 0.250. The highest BCUT2D eigenvalue weighted by Crippen LogP contribution is 2.32. The van der Waals surface area contributed by atoms with Crippen LogP contribution in [0, 0.1) is 0 Å². The molecule has 1 fully saturated rings. The van der Waals surface area contributed by atoms with Gasteiger partial charge >= 0.3 is 0 Å². The molecule has 0 radical (unpaired) electrons. The molecule has 0 spiro atoms. The highest BCUT2D eigenvalue weighted by atomic mass is 16.7. The third-order valence-electron chi connectivity index (χ3n) is 3.29. The Hall–Kier alpha value is -1.68. The highest BCUT2D eigenvalue weighted by Gasteiger charge is 2.29. The van der Waals surface area contributed by atoms with Gasteiger partial charge in [0.1, 0.15) is 6.10 Å². The van der Waals surface area contributed by atoms with Crippen LogP contribution in [0.3, 0.4) is 0 Å². The van der Waals surface area contributed by atoms with Crippen LogP contribution < -0.4 is 0 Å². The monoisotopic (exact) mass is 255 g/mol. The van der Waals surface area contributed by atoms with Crippen LogP contribution in [0.2, 0.25) is 0 Å². The molecule has 3 rings (SSSR count). The third-order valence-corrected chi connectivity index (χ3v) is 3.29. The first-order valence-electron chi connectivity index (χ1n) is 6.46. The fourth-order valence-electron chi connectivity index (χ4n) is 2.32. The molecule has 2 aromatic carbocycles. The van der Waals surface area contributed by atoms with Gasteiger partial charge in [-0.1, -0.05) is 60.7 Å². The van der Waals surface area contributed by atoms with Gasteiger partial charge in [0.25, 0.3) is 0 Å². The lowest BCUT2D eigenvalue weighted by Gasteiger charge is -2.36. The second kappa shape index (κ2) is 5.53. The van der Waals surface area contributed by atoms with Crippen molar-refractivity contribution in [2.75, 3.05) is 13.7 Å². The van der Waals surface area contributed by atoms with E-state index in [9.17, 15) is 0 Å². The molecule has 2 aromatic rings. The molecule has 0 saturated carbocycles. The molecule has 3 nitrogen and oxygen atoms in total. The number of hydrogen-bond donors (Lipinski definition) is 0. The maximum atomic E-state index is 5.95. The Labute approximate surface area is 113 Å². The number of nitrogens with zero attached hydrogens (tertiary/aromatic N) is 1. The van der Waals surface area contributed by atoms with Gasteiger partial charge < -0.3 is 4.74 Å². The van der Waals surface area contributed by atoms with Gasteiger partial charge in [-0.3, -0.25) is 4.84 Å². The molecular weight excluding hydrogens is 238 g/mol. The summed E-state index contributed by atoms with van der Waals surface area (Å²) in [5, 5.41) is 1.79. The Bertz CT molecular complexity index is 515. The Morgan fingerprint density at radius 2 is 1.47 bits per heavy atom. The maximum absolute atomic E-state index is 5.95. The molecule has 0 bridgehead atoms. The SMILES string of the molecule is CN1O[C@@H](c2ccccc2)CO[C@@H]1c1ccccc1. The van der Waals surface area contributed by atoms with Crippen molar-refractivity contribution in [3.05, 3.63) is 71.8 Å². The zero-order valence-electron chi connectivity index (χ0n) is 10.9. The van der Waals surface area contributed by atoms with E-state index in [2.05, 4.69) is 12.1 Å². The van der Waals surface area contributed by atoms with Crippen molar-refractivity contribution >= 4 is 0 Å². The van der Waals surface area contributed by atoms with Crippen molar-refractivity contribution in [1.29, 1.82) is 0 Å². The van der Waals surface area contributed by atoms with E-state index < -0.39 is 0 Å². The molecule has 1 heterocycles. The van der Waals surface area contributed by atoms with Crippen LogP contribution in [-0.2, 0) is 9.57 Å². The van der Waals surface area contributed by atoms with E-state index in [-0.39, 0.29) is 12.3 Å². The van der Waals surface area contributed by atoms with Crippen molar-refractivity contribution in [3.8, 4) is 0 Å². The van der Waals surface area contributed by atoms with Crippen molar-refractivity contribution < 1.29 is 9.57 Å². The summed E-state index contributed by atoms with van der Waals surface area (Å²) in [5.41, 5.74) is 2.25. The number of rotatable bonds is 2. The molecule has 98 valence electrons. The molecule has 0 aromatic heterocycles. The lowest BCUT2D eigenvalue weighted by atomic mass is 10.1. The number of benzene rings is 2. The molecule has 1 aliphatic rings. The lowest BCUT2D eigenvalue weighted by molar-refractivity contribution is -0.326. The van der Waals surface area contributed by atoms with Crippen molar-refractivity contribution in [2.24, 2.45) is 0 Å². The minimum absolute atomic E-state index is 0.0360. The normalized spacial score (nSPS) is 24.3. The summed E-state index contributed by atoms with van der Waals surface area (Å²) in [6.07, 6.45) is -0.174. The average molecular weight is 255 g/mol. The first kappa shape index (κ1) is 12.4. The summed E-state index contributed by atoms with van der Waals surface area (Å²) >= 11 is 0. The van der Waals surface area contributed by atoms with Gasteiger partial charge in [0, 0.05) is 7.05 Å². The summed E-state index contributed by atoms with van der Waals surface area (Å²) in [6, 6.07) is 20.3. The van der Waals surface area contributed by atoms with E-state index in [1.54, 1.807) is 5.06 Å². The molecule has 19 heavy (non-hydrogen) atoms. The van der Waals surface area contributed by atoms with Crippen LogP contribution in [0.4, 0.5) is 0 Å². The van der Waals surface area contributed by atoms with Crippen LogP contribution in [0.5, 0.6) is 0 Å². The average Bonchev–Trinajstić information content (AvgIpc) is 2.49. The van der Waals surface area contributed by atoms with E-state index >= 15 is 0 Å². The van der Waals surface area contributed by atoms with Crippen LogP contribution in [-0.4, -0.2) is 18.7 Å². The molecule has 1 aliphatic heterocycles. The summed E-state index contributed by atoms with van der Waals surface area (Å²) in [6.45, 7) is 0.563. The van der Waals surface area contributed by atoms with Crippen LogP contribution in [0.25, 0.3) is 0 Å². The van der Waals surface area contributed by atoms with E-state index in [4.69, 9.17) is 9.57 Å². The predicted molar refractivity (Wildman–Crippen MR) is 73.2 cm³/mol. The molecule has 0 aliphatic carbocycles. The second-order valence-electron chi connectivity index (χ2n) is 4.65. The standard InChI is InChI=1S/C16H17NO2/c1-17-16(14-10-6-3-7-11-14)18-12-15(19-17)13-8-4-2-5-9-13/h2-11,15-16H,12H2,1H3/t15-,16-/m1/s1. The van der Waals surface area contributed by atoms with Gasteiger partial charge in [-0.05, 0) is 11.1 Å². The van der Waals surface area contributed by atoms with Crippen LogP contribution in [0.15, 0.2) is 60.7 Å². The van der Waals surface area contributed by atoms with E-state index in [0.717, 1.165) is 11.1 Å². The topological polar surface area (TPSA) is 21.7 Å². The minimum atomic E-state index is -0.138. The molecule has 0 amide bonds. The first-order valence-corrected chi connectivity index (χ1v) is 6.46. The van der Waals surface area contributed by atoms with Crippen LogP contribution >= 0.6 is 0 Å². The summed E-state index contributed by atoms with van der Waals surface area (Å²) in [5.74, 6) is 0. The molecule has 0 N–H and O–H groups in total. The quantitative estimate of drug-likeness (QED) is 0.821. The fourth-order valence-corrected chi connectivity index (χ4v) is 2.32. The van der Waals surface area contributed by atoms with Crippen molar-refractivity contribution in [1.82, 2.24) is 5.06 Å². The van der Waals surface area contributed by atoms with E-state index in [1.807, 2.05) is 55.6 Å². The van der Waals surface area contributed by atoms with Gasteiger partial charge in [0.05, 0.1) is 6.61 Å². The lowest BCUT2D eigenvalue weighted by Crippen LogP contribution is -2.36. The van der Waals surface area contributed by atoms with Crippen LogP contribution in [0.1, 0.15) is 23.5 Å². The Kier molecular flexibility index (Phi) is 3.60. The largest absolute Gasteiger partial charge is 0.354 e. The molecule has 0 unspecified atom stereocenters. The summed E-state index contributed by atoms with van der Waals surface area (Å²) in [4.78, 5) is 5.95. The van der Waals surface area contributed by atoms with E-state index in [1.165, 1.54) is 0 Å². The minimum Gasteiger partial charge on any atom is -0.354 e. The van der Waals surface area contributed by atoms with Gasteiger partial charge in [0.15, 0.2) is 6.23 Å². The van der Waals surface area contributed by atoms with Gasteiger partial charge in [-0.2, -0.15) is 5.06 Å². The zero-order chi connectivity index (χ0) is 13.1. The molecule has 3 heteroatoms. The third kappa shape index (κ3) is 2.68. The maximum Gasteiger partial charge on any atom is 0.158 e. The summed E-state index contributed by atoms with van der Waals surface area (Å²) in [7, 11) is 1.91. The smallest absolute Gasteiger partial charge is 0.158 e. The Morgan fingerprint density at radius 3 is 2.05 bits per heavy atom. The molecule has 1 saturated heterocycles. The van der Waals surface area contributed by atoms with Gasteiger partial charge in [0.2, 0.25) is 0 Å². The molecular formula is C16H17NO2. The zero-order valence-corrected chi connectivity index (χ0v) is 10.9. The predicted octanol–water partition coefficient (Wildman–Crippen LogP) is 3.32. The summed E-state index contributed by atoms with van der Waals surface area (Å²) < 4.78 is 5.94. The van der Waals surface area contributed by atoms with E-state index in [0.29, 0.717) is 6.61 Å². The molecule has 2 atom stereocenters. The number of hydrogen-bond acceptors (Lipinski definition) is 3. The number of hydroxylamine groups is 2. The second-order valence-corrected chi connectivity index (χ2v) is 4.65. The Balaban J connectivity index is 1.73. The van der Waals surface area contributed by atoms with Gasteiger partial charge in [-0.15, -0.1) is 0 Å². The van der Waals surface area contributed by atoms with Crippen molar-refractivity contribution in [3.63, 3.8) is 0 Å². The highest BCUT2D eigenvalue weighted by molar-refractivity contribution is 5.19.